The number of carboxylic acid groups (broad SMARTS) is 1. The largest absolute Gasteiger partial charge is 0.481 e. The van der Waals surface area contributed by atoms with Gasteiger partial charge in [0, 0.05) is 6.04 Å². The average molecular weight is 311 g/mol. The molecule has 3 rings (SSSR count). The van der Waals surface area contributed by atoms with Crippen LogP contribution >= 0.6 is 23.4 Å². The molecule has 1 unspecified atom stereocenters. The third-order valence-corrected chi connectivity index (χ3v) is 4.98. The van der Waals surface area contributed by atoms with Crippen molar-refractivity contribution in [1.82, 2.24) is 9.55 Å². The summed E-state index contributed by atoms with van der Waals surface area (Å²) in [6.07, 6.45) is 1.08. The van der Waals surface area contributed by atoms with Crippen LogP contribution in [-0.2, 0) is 4.79 Å². The Labute approximate surface area is 126 Å². The van der Waals surface area contributed by atoms with Crippen LogP contribution in [0.2, 0.25) is 5.02 Å². The van der Waals surface area contributed by atoms with E-state index in [9.17, 15) is 4.79 Å². The minimum atomic E-state index is -0.838. The highest BCUT2D eigenvalue weighted by atomic mass is 35.5. The molecule has 0 radical (unpaired) electrons. The number of carboxylic acids is 1. The number of nitrogens with zero attached hydrogens (tertiary/aromatic N) is 2. The molecule has 0 aliphatic heterocycles. The smallest absolute Gasteiger partial charge is 0.313 e. The molecule has 1 saturated carbocycles. The summed E-state index contributed by atoms with van der Waals surface area (Å²) >= 11 is 7.45. The lowest BCUT2D eigenvalue weighted by molar-refractivity contribution is -0.133. The molecule has 1 heterocycles. The molecule has 0 bridgehead atoms. The number of hydrogen-bond donors (Lipinski definition) is 1. The van der Waals surface area contributed by atoms with Crippen molar-refractivity contribution in [3.63, 3.8) is 0 Å². The standard InChI is InChI=1S/C14H15ClN2O2S/c1-14(2)6-10(14)17-9-5-3-4-8(15)12(9)16-13(17)20-7-11(18)19/h3-5,10H,6-7H2,1-2H3,(H,18,19). The van der Waals surface area contributed by atoms with E-state index in [1.165, 1.54) is 11.8 Å². The Bertz CT molecular complexity index is 696. The number of aliphatic carboxylic acids is 1. The van der Waals surface area contributed by atoms with Crippen molar-refractivity contribution < 1.29 is 9.90 Å². The van der Waals surface area contributed by atoms with E-state index in [0.717, 1.165) is 22.6 Å². The molecule has 0 spiro atoms. The zero-order chi connectivity index (χ0) is 14.5. The second-order valence-electron chi connectivity index (χ2n) is 5.76. The molecular formula is C14H15ClN2O2S. The first kappa shape index (κ1) is 13.8. The molecule has 1 N–H and O–H groups in total. The number of imidazole rings is 1. The van der Waals surface area contributed by atoms with Gasteiger partial charge in [0.25, 0.3) is 0 Å². The van der Waals surface area contributed by atoms with Crippen molar-refractivity contribution in [2.75, 3.05) is 5.75 Å². The molecule has 2 aromatic rings. The van der Waals surface area contributed by atoms with Crippen LogP contribution in [-0.4, -0.2) is 26.4 Å². The number of carbonyl (C=O) groups is 1. The first-order valence-corrected chi connectivity index (χ1v) is 7.77. The highest BCUT2D eigenvalue weighted by molar-refractivity contribution is 7.99. The number of rotatable bonds is 4. The van der Waals surface area contributed by atoms with Crippen molar-refractivity contribution in [3.05, 3.63) is 23.2 Å². The first-order chi connectivity index (χ1) is 9.40. The second kappa shape index (κ2) is 4.67. The predicted octanol–water partition coefficient (Wildman–Crippen LogP) is 3.84. The van der Waals surface area contributed by atoms with Crippen molar-refractivity contribution >= 4 is 40.4 Å². The molecule has 1 aromatic carbocycles. The van der Waals surface area contributed by atoms with E-state index < -0.39 is 5.97 Å². The Morgan fingerprint density at radius 2 is 2.30 bits per heavy atom. The number of benzene rings is 1. The zero-order valence-electron chi connectivity index (χ0n) is 11.3. The normalized spacial score (nSPS) is 20.2. The summed E-state index contributed by atoms with van der Waals surface area (Å²) < 4.78 is 2.15. The topological polar surface area (TPSA) is 55.1 Å². The van der Waals surface area contributed by atoms with Gasteiger partial charge in [0.15, 0.2) is 5.16 Å². The van der Waals surface area contributed by atoms with Crippen LogP contribution in [0.15, 0.2) is 23.4 Å². The Kier molecular flexibility index (Phi) is 3.21. The molecule has 1 atom stereocenters. The highest BCUT2D eigenvalue weighted by Gasteiger charge is 2.48. The van der Waals surface area contributed by atoms with Crippen LogP contribution in [0.3, 0.4) is 0 Å². The van der Waals surface area contributed by atoms with Crippen molar-refractivity contribution in [1.29, 1.82) is 0 Å². The van der Waals surface area contributed by atoms with Crippen molar-refractivity contribution in [2.45, 2.75) is 31.5 Å². The van der Waals surface area contributed by atoms with Gasteiger partial charge in [0.2, 0.25) is 0 Å². The highest BCUT2D eigenvalue weighted by Crippen LogP contribution is 2.57. The molecule has 1 aliphatic carbocycles. The van der Waals surface area contributed by atoms with Crippen molar-refractivity contribution in [2.24, 2.45) is 5.41 Å². The maximum atomic E-state index is 10.8. The van der Waals surface area contributed by atoms with Gasteiger partial charge in [0.05, 0.1) is 16.3 Å². The van der Waals surface area contributed by atoms with Crippen molar-refractivity contribution in [3.8, 4) is 0 Å². The summed E-state index contributed by atoms with van der Waals surface area (Å²) in [4.78, 5) is 15.3. The SMILES string of the molecule is CC1(C)CC1n1c(SCC(=O)O)nc2c(Cl)cccc21. The molecule has 20 heavy (non-hydrogen) atoms. The van der Waals surface area contributed by atoms with E-state index in [1.54, 1.807) is 0 Å². The fourth-order valence-corrected chi connectivity index (χ4v) is 3.46. The number of fused-ring (bicyclic) bond motifs is 1. The van der Waals surface area contributed by atoms with Crippen LogP contribution in [0, 0.1) is 5.41 Å². The Balaban J connectivity index is 2.10. The quantitative estimate of drug-likeness (QED) is 0.872. The fraction of sp³-hybridized carbons (Fsp3) is 0.429. The molecular weight excluding hydrogens is 296 g/mol. The molecule has 0 amide bonds. The summed E-state index contributed by atoms with van der Waals surface area (Å²) in [6, 6.07) is 6.07. The van der Waals surface area contributed by atoms with Gasteiger partial charge in [-0.05, 0) is 24.0 Å². The van der Waals surface area contributed by atoms with Gasteiger partial charge >= 0.3 is 5.97 Å². The number of para-hydroxylation sites is 1. The van der Waals surface area contributed by atoms with Crippen LogP contribution in [0.25, 0.3) is 11.0 Å². The Morgan fingerprint density at radius 3 is 2.90 bits per heavy atom. The van der Waals surface area contributed by atoms with Gasteiger partial charge in [-0.2, -0.15) is 0 Å². The van der Waals surface area contributed by atoms with Gasteiger partial charge in [-0.1, -0.05) is 43.3 Å². The summed E-state index contributed by atoms with van der Waals surface area (Å²) in [7, 11) is 0. The van der Waals surface area contributed by atoms with Gasteiger partial charge in [-0.25, -0.2) is 4.98 Å². The predicted molar refractivity (Wildman–Crippen MR) is 80.5 cm³/mol. The lowest BCUT2D eigenvalue weighted by atomic mass is 10.2. The monoisotopic (exact) mass is 310 g/mol. The van der Waals surface area contributed by atoms with Crippen LogP contribution in [0.1, 0.15) is 26.3 Å². The minimum Gasteiger partial charge on any atom is -0.481 e. The van der Waals surface area contributed by atoms with Gasteiger partial charge < -0.3 is 9.67 Å². The molecule has 1 fully saturated rings. The number of thioether (sulfide) groups is 1. The third kappa shape index (κ3) is 2.29. The molecule has 106 valence electrons. The van der Waals surface area contributed by atoms with Gasteiger partial charge in [-0.15, -0.1) is 0 Å². The van der Waals surface area contributed by atoms with E-state index in [2.05, 4.69) is 23.4 Å². The maximum Gasteiger partial charge on any atom is 0.313 e. The summed E-state index contributed by atoms with van der Waals surface area (Å²) in [6.45, 7) is 4.42. The molecule has 1 aromatic heterocycles. The summed E-state index contributed by atoms with van der Waals surface area (Å²) in [5.74, 6) is -0.830. The van der Waals surface area contributed by atoms with E-state index in [4.69, 9.17) is 16.7 Å². The third-order valence-electron chi connectivity index (χ3n) is 3.74. The van der Waals surface area contributed by atoms with Gasteiger partial charge in [0.1, 0.15) is 5.52 Å². The molecule has 4 nitrogen and oxygen atoms in total. The molecule has 0 saturated heterocycles. The minimum absolute atomic E-state index is 0.00803. The second-order valence-corrected chi connectivity index (χ2v) is 7.11. The Hall–Kier alpha value is -1.20. The molecule has 6 heteroatoms. The van der Waals surface area contributed by atoms with Crippen LogP contribution < -0.4 is 0 Å². The van der Waals surface area contributed by atoms with Crippen LogP contribution in [0.5, 0.6) is 0 Å². The summed E-state index contributed by atoms with van der Waals surface area (Å²) in [5, 5.41) is 10.2. The van der Waals surface area contributed by atoms with Crippen LogP contribution in [0.4, 0.5) is 0 Å². The average Bonchev–Trinajstić information content (AvgIpc) is 2.84. The van der Waals surface area contributed by atoms with E-state index in [0.29, 0.717) is 11.1 Å². The first-order valence-electron chi connectivity index (χ1n) is 6.41. The number of aromatic nitrogens is 2. The maximum absolute atomic E-state index is 10.8. The Morgan fingerprint density at radius 1 is 1.60 bits per heavy atom. The molecule has 1 aliphatic rings. The van der Waals surface area contributed by atoms with E-state index in [1.807, 2.05) is 18.2 Å². The fourth-order valence-electron chi connectivity index (χ4n) is 2.47. The zero-order valence-corrected chi connectivity index (χ0v) is 12.8. The number of hydrogen-bond acceptors (Lipinski definition) is 3. The lowest BCUT2D eigenvalue weighted by Gasteiger charge is -2.10. The van der Waals surface area contributed by atoms with E-state index >= 15 is 0 Å². The van der Waals surface area contributed by atoms with E-state index in [-0.39, 0.29) is 11.2 Å². The lowest BCUT2D eigenvalue weighted by Crippen LogP contribution is -2.04. The summed E-state index contributed by atoms with van der Waals surface area (Å²) in [5.41, 5.74) is 1.97. The van der Waals surface area contributed by atoms with Gasteiger partial charge in [-0.3, -0.25) is 4.79 Å². The number of halogens is 1.